The minimum Gasteiger partial charge on any atom is -0.393 e. The Bertz CT molecular complexity index is 390. The van der Waals surface area contributed by atoms with Gasteiger partial charge in [0.2, 0.25) is 0 Å². The van der Waals surface area contributed by atoms with Gasteiger partial charge in [0.15, 0.2) is 0 Å². The van der Waals surface area contributed by atoms with Crippen molar-refractivity contribution >= 4 is 0 Å². The predicted octanol–water partition coefficient (Wildman–Crippen LogP) is 0.836. The van der Waals surface area contributed by atoms with Crippen molar-refractivity contribution in [2.75, 3.05) is 13.2 Å². The van der Waals surface area contributed by atoms with Crippen LogP contribution in [0.15, 0.2) is 11.6 Å². The molecule has 0 bridgehead atoms. The maximum atomic E-state index is 11.0. The predicted molar refractivity (Wildman–Crippen MR) is 72.4 cm³/mol. The van der Waals surface area contributed by atoms with Gasteiger partial charge >= 0.3 is 0 Å². The molecular formula is C15H26O4. The van der Waals surface area contributed by atoms with E-state index < -0.39 is 23.7 Å². The second-order valence-electron chi connectivity index (χ2n) is 7.10. The molecule has 2 aliphatic rings. The summed E-state index contributed by atoms with van der Waals surface area (Å²) in [6.07, 6.45) is 3.54. The number of aliphatic hydroxyl groups excluding tert-OH is 3. The van der Waals surface area contributed by atoms with Gasteiger partial charge in [0.05, 0.1) is 19.3 Å². The largest absolute Gasteiger partial charge is 0.393 e. The average Bonchev–Trinajstić information content (AvgIpc) is 2.32. The van der Waals surface area contributed by atoms with E-state index in [2.05, 4.69) is 13.8 Å². The molecule has 0 amide bonds. The summed E-state index contributed by atoms with van der Waals surface area (Å²) in [6.45, 7) is 5.38. The molecule has 0 aromatic heterocycles. The van der Waals surface area contributed by atoms with E-state index >= 15 is 0 Å². The van der Waals surface area contributed by atoms with Gasteiger partial charge in [0.25, 0.3) is 0 Å². The maximum Gasteiger partial charge on any atom is 0.117 e. The van der Waals surface area contributed by atoms with E-state index in [1.165, 1.54) is 6.08 Å². The molecule has 1 saturated carbocycles. The van der Waals surface area contributed by atoms with Crippen LogP contribution in [0.5, 0.6) is 0 Å². The lowest BCUT2D eigenvalue weighted by Crippen LogP contribution is -2.64. The highest BCUT2D eigenvalue weighted by Crippen LogP contribution is 2.60. The topological polar surface area (TPSA) is 80.9 Å². The zero-order valence-corrected chi connectivity index (χ0v) is 12.1. The van der Waals surface area contributed by atoms with Crippen LogP contribution in [0.4, 0.5) is 0 Å². The third-order valence-corrected chi connectivity index (χ3v) is 5.63. The van der Waals surface area contributed by atoms with E-state index in [4.69, 9.17) is 0 Å². The molecule has 4 heteroatoms. The second kappa shape index (κ2) is 4.55. The van der Waals surface area contributed by atoms with Gasteiger partial charge in [0, 0.05) is 11.3 Å². The highest BCUT2D eigenvalue weighted by Gasteiger charge is 2.62. The molecule has 0 unspecified atom stereocenters. The van der Waals surface area contributed by atoms with E-state index in [1.54, 1.807) is 0 Å². The zero-order chi connectivity index (χ0) is 14.5. The van der Waals surface area contributed by atoms with Crippen LogP contribution in [0.25, 0.3) is 0 Å². The molecule has 2 aliphatic carbocycles. The van der Waals surface area contributed by atoms with Gasteiger partial charge in [-0.15, -0.1) is 0 Å². The van der Waals surface area contributed by atoms with Crippen LogP contribution < -0.4 is 0 Å². The summed E-state index contributed by atoms with van der Waals surface area (Å²) in [5, 5.41) is 40.6. The number of fused-ring (bicyclic) bond motifs is 1. The molecule has 0 saturated heterocycles. The molecule has 0 aromatic carbocycles. The quantitative estimate of drug-likeness (QED) is 0.560. The lowest BCUT2D eigenvalue weighted by Gasteiger charge is -2.61. The molecule has 0 heterocycles. The van der Waals surface area contributed by atoms with Crippen molar-refractivity contribution in [2.24, 2.45) is 16.7 Å². The van der Waals surface area contributed by atoms with Gasteiger partial charge in [0.1, 0.15) is 5.60 Å². The summed E-state index contributed by atoms with van der Waals surface area (Å²) < 4.78 is 0. The molecule has 110 valence electrons. The summed E-state index contributed by atoms with van der Waals surface area (Å²) in [4.78, 5) is 0. The summed E-state index contributed by atoms with van der Waals surface area (Å²) in [7, 11) is 0. The van der Waals surface area contributed by atoms with Crippen LogP contribution in [0.1, 0.15) is 40.0 Å². The Hall–Kier alpha value is -0.420. The minimum atomic E-state index is -1.44. The lowest BCUT2D eigenvalue weighted by molar-refractivity contribution is -0.188. The van der Waals surface area contributed by atoms with Crippen LogP contribution in [-0.2, 0) is 0 Å². The molecule has 4 atom stereocenters. The molecule has 19 heavy (non-hydrogen) atoms. The molecule has 1 fully saturated rings. The molecule has 0 aromatic rings. The Labute approximate surface area is 114 Å². The Morgan fingerprint density at radius 3 is 2.37 bits per heavy atom. The van der Waals surface area contributed by atoms with E-state index in [0.29, 0.717) is 5.57 Å². The van der Waals surface area contributed by atoms with Crippen LogP contribution in [0.2, 0.25) is 0 Å². The van der Waals surface area contributed by atoms with E-state index in [0.717, 1.165) is 19.3 Å². The summed E-state index contributed by atoms with van der Waals surface area (Å²) in [6, 6.07) is 0. The molecule has 0 aliphatic heterocycles. The molecule has 4 N–H and O–H groups in total. The molecular weight excluding hydrogens is 244 g/mol. The third-order valence-electron chi connectivity index (χ3n) is 5.63. The smallest absolute Gasteiger partial charge is 0.117 e. The van der Waals surface area contributed by atoms with Crippen LogP contribution in [0, 0.1) is 16.7 Å². The Kier molecular flexibility index (Phi) is 3.59. The zero-order valence-electron chi connectivity index (χ0n) is 12.1. The molecule has 0 radical (unpaired) electrons. The fourth-order valence-electron chi connectivity index (χ4n) is 4.66. The van der Waals surface area contributed by atoms with Crippen LogP contribution in [-0.4, -0.2) is 45.3 Å². The average molecular weight is 270 g/mol. The Balaban J connectivity index is 2.59. The second-order valence-corrected chi connectivity index (χ2v) is 7.10. The van der Waals surface area contributed by atoms with Crippen molar-refractivity contribution in [1.29, 1.82) is 0 Å². The van der Waals surface area contributed by atoms with E-state index in [-0.39, 0.29) is 17.9 Å². The van der Waals surface area contributed by atoms with Crippen molar-refractivity contribution in [1.82, 2.24) is 0 Å². The fourth-order valence-corrected chi connectivity index (χ4v) is 4.66. The number of aliphatic hydroxyl groups is 4. The fraction of sp³-hybridized carbons (Fsp3) is 0.867. The summed E-state index contributed by atoms with van der Waals surface area (Å²) >= 11 is 0. The number of rotatable bonds is 2. The normalized spacial score (nSPS) is 45.5. The van der Waals surface area contributed by atoms with Gasteiger partial charge in [-0.25, -0.2) is 0 Å². The van der Waals surface area contributed by atoms with Gasteiger partial charge in [-0.1, -0.05) is 33.3 Å². The third kappa shape index (κ3) is 1.88. The summed E-state index contributed by atoms with van der Waals surface area (Å²) in [5.41, 5.74) is -1.81. The van der Waals surface area contributed by atoms with E-state index in [1.807, 2.05) is 6.92 Å². The van der Waals surface area contributed by atoms with Crippen molar-refractivity contribution < 1.29 is 20.4 Å². The first-order valence-corrected chi connectivity index (χ1v) is 7.06. The number of hydrogen-bond donors (Lipinski definition) is 4. The van der Waals surface area contributed by atoms with Crippen LogP contribution in [0.3, 0.4) is 0 Å². The first-order chi connectivity index (χ1) is 8.73. The van der Waals surface area contributed by atoms with Gasteiger partial charge < -0.3 is 20.4 Å². The first kappa shape index (κ1) is 15.0. The van der Waals surface area contributed by atoms with Gasteiger partial charge in [-0.05, 0) is 23.8 Å². The Morgan fingerprint density at radius 2 is 1.84 bits per heavy atom. The first-order valence-electron chi connectivity index (χ1n) is 7.06. The SMILES string of the molecule is CC1(C)CCC[C@@]2(C)[C@H]1[C@@H](O)C=C(CO)[C@@]2(O)CO. The highest BCUT2D eigenvalue weighted by atomic mass is 16.3. The highest BCUT2D eigenvalue weighted by molar-refractivity contribution is 5.31. The van der Waals surface area contributed by atoms with Crippen molar-refractivity contribution in [3.8, 4) is 0 Å². The van der Waals surface area contributed by atoms with Crippen molar-refractivity contribution in [2.45, 2.75) is 51.7 Å². The van der Waals surface area contributed by atoms with E-state index in [9.17, 15) is 20.4 Å². The molecule has 4 nitrogen and oxygen atoms in total. The van der Waals surface area contributed by atoms with Crippen LogP contribution >= 0.6 is 0 Å². The van der Waals surface area contributed by atoms with Gasteiger partial charge in [-0.3, -0.25) is 0 Å². The lowest BCUT2D eigenvalue weighted by atomic mass is 9.46. The summed E-state index contributed by atoms with van der Waals surface area (Å²) in [5.74, 6) is -0.124. The minimum absolute atomic E-state index is 0.104. The van der Waals surface area contributed by atoms with Gasteiger partial charge in [-0.2, -0.15) is 0 Å². The maximum absolute atomic E-state index is 11.0. The Morgan fingerprint density at radius 1 is 1.21 bits per heavy atom. The monoisotopic (exact) mass is 270 g/mol. The van der Waals surface area contributed by atoms with Crippen molar-refractivity contribution in [3.05, 3.63) is 11.6 Å². The molecule has 2 rings (SSSR count). The number of hydrogen-bond acceptors (Lipinski definition) is 4. The standard InChI is InChI=1S/C15H26O4/c1-13(2)5-4-6-14(3)12(13)11(18)7-10(8-16)15(14,19)9-17/h7,11-12,16-19H,4-6,8-9H2,1-3H3/t11-,12-,14-,15-/m0/s1. The molecule has 0 spiro atoms. The van der Waals surface area contributed by atoms with Crippen molar-refractivity contribution in [3.63, 3.8) is 0 Å².